The molecule has 2 aliphatic heterocycles. The lowest BCUT2D eigenvalue weighted by Crippen LogP contribution is -2.37. The Bertz CT molecular complexity index is 1010. The number of morpholine rings is 1. The van der Waals surface area contributed by atoms with E-state index in [1.54, 1.807) is 12.1 Å². The van der Waals surface area contributed by atoms with Gasteiger partial charge >= 0.3 is 0 Å². The van der Waals surface area contributed by atoms with Crippen LogP contribution < -0.4 is 10.2 Å². The molecule has 2 aromatic carbocycles. The van der Waals surface area contributed by atoms with Gasteiger partial charge in [-0.05, 0) is 50.2 Å². The van der Waals surface area contributed by atoms with Gasteiger partial charge in [0.2, 0.25) is 0 Å². The molecule has 0 aromatic heterocycles. The van der Waals surface area contributed by atoms with Crippen LogP contribution in [0.5, 0.6) is 0 Å². The minimum Gasteiger partial charge on any atom is -0.378 e. The third-order valence-electron chi connectivity index (χ3n) is 5.45. The van der Waals surface area contributed by atoms with Crippen molar-refractivity contribution in [3.8, 4) is 0 Å². The summed E-state index contributed by atoms with van der Waals surface area (Å²) in [6.45, 7) is 14.9. The number of anilines is 2. The molecule has 1 atom stereocenters. The second-order valence-electron chi connectivity index (χ2n) is 7.51. The zero-order chi connectivity index (χ0) is 27.3. The number of carbonyl (C=O) groups is 2. The van der Waals surface area contributed by atoms with Crippen LogP contribution in [0.15, 0.2) is 48.6 Å². The Balaban J connectivity index is 0.000000725. The van der Waals surface area contributed by atoms with Crippen molar-refractivity contribution in [3.63, 3.8) is 0 Å². The second kappa shape index (κ2) is 15.7. The van der Waals surface area contributed by atoms with E-state index in [4.69, 9.17) is 27.9 Å². The second-order valence-corrected chi connectivity index (χ2v) is 8.32. The Labute approximate surface area is 225 Å². The molecule has 1 amide bonds. The van der Waals surface area contributed by atoms with E-state index in [1.807, 2.05) is 65.8 Å². The van der Waals surface area contributed by atoms with Crippen LogP contribution in [-0.4, -0.2) is 43.1 Å². The molecule has 2 heterocycles. The van der Waals surface area contributed by atoms with E-state index in [-0.39, 0.29) is 27.1 Å². The van der Waals surface area contributed by atoms with Crippen LogP contribution >= 0.6 is 23.2 Å². The molecule has 36 heavy (non-hydrogen) atoms. The van der Waals surface area contributed by atoms with Crippen LogP contribution in [0.1, 0.15) is 63.9 Å². The summed E-state index contributed by atoms with van der Waals surface area (Å²) in [5.41, 5.74) is -0.263. The predicted octanol–water partition coefficient (Wildman–Crippen LogP) is 6.88. The summed E-state index contributed by atoms with van der Waals surface area (Å²) in [5.74, 6) is -1.08. The lowest BCUT2D eigenvalue weighted by molar-refractivity contribution is -0.133. The maximum Gasteiger partial charge on any atom is 0.261 e. The topological polar surface area (TPSA) is 78.9 Å². The Morgan fingerprint density at radius 3 is 2.06 bits per heavy atom. The highest BCUT2D eigenvalue weighted by Crippen LogP contribution is 2.46. The molecule has 4 rings (SSSR count). The Morgan fingerprint density at radius 2 is 1.53 bits per heavy atom. The highest BCUT2D eigenvalue weighted by Gasteiger charge is 2.49. The number of nitrogens with zero attached hydrogens (tertiary/aromatic N) is 1. The smallest absolute Gasteiger partial charge is 0.261 e. The van der Waals surface area contributed by atoms with Crippen LogP contribution in [0.25, 0.3) is 0 Å². The van der Waals surface area contributed by atoms with Crippen LogP contribution in [-0.2, 0) is 15.1 Å². The molecule has 0 spiro atoms. The zero-order valence-electron chi connectivity index (χ0n) is 22.0. The molecule has 198 valence electrons. The largest absolute Gasteiger partial charge is 0.378 e. The van der Waals surface area contributed by atoms with Crippen molar-refractivity contribution in [2.24, 2.45) is 0 Å². The van der Waals surface area contributed by atoms with Gasteiger partial charge < -0.3 is 20.1 Å². The highest BCUT2D eigenvalue weighted by atomic mass is 35.5. The maximum absolute atomic E-state index is 12.8. The number of benzene rings is 2. The van der Waals surface area contributed by atoms with Crippen molar-refractivity contribution in [3.05, 3.63) is 69.7 Å². The van der Waals surface area contributed by atoms with Gasteiger partial charge in [-0.1, -0.05) is 63.0 Å². The van der Waals surface area contributed by atoms with Gasteiger partial charge in [0.05, 0.1) is 30.3 Å². The molecule has 2 aliphatic rings. The number of carbonyl (C=O) groups excluding carboxylic acids is 2. The van der Waals surface area contributed by atoms with Gasteiger partial charge in [0, 0.05) is 34.9 Å². The lowest BCUT2D eigenvalue weighted by atomic mass is 9.88. The fourth-order valence-electron chi connectivity index (χ4n) is 3.59. The van der Waals surface area contributed by atoms with E-state index in [9.17, 15) is 14.7 Å². The van der Waals surface area contributed by atoms with Crippen LogP contribution in [0, 0.1) is 0 Å². The van der Waals surface area contributed by atoms with Gasteiger partial charge in [-0.2, -0.15) is 0 Å². The molecule has 0 aliphatic carbocycles. The van der Waals surface area contributed by atoms with Crippen LogP contribution in [0.4, 0.5) is 11.4 Å². The number of ether oxygens (including phenoxy) is 1. The van der Waals surface area contributed by atoms with E-state index in [0.717, 1.165) is 18.8 Å². The molecule has 8 heteroatoms. The Hall–Kier alpha value is -2.38. The number of hydrogen-bond acceptors (Lipinski definition) is 5. The number of halogens is 2. The van der Waals surface area contributed by atoms with Crippen molar-refractivity contribution in [1.29, 1.82) is 0 Å². The van der Waals surface area contributed by atoms with Crippen molar-refractivity contribution in [2.45, 2.75) is 53.6 Å². The summed E-state index contributed by atoms with van der Waals surface area (Å²) in [6, 6.07) is 10.1. The molecular weight excluding hydrogens is 499 g/mol. The summed E-state index contributed by atoms with van der Waals surface area (Å²) in [4.78, 5) is 27.4. The first kappa shape index (κ1) is 31.6. The number of aliphatic hydroxyl groups is 1. The fourth-order valence-corrected chi connectivity index (χ4v) is 4.11. The standard InChI is InChI=1S/C20H18Cl2N2O4.C4H8.2C2H6/c21-14-5-6-15(22)18-17(14)20(27,19(26)23-18)11-16(25)12-1-3-13(4-2-12)24-7-9-28-10-8-24;1-3-4-2;2*1-2/h1-6,27H,7-11H2,(H,23,26);3-4H,1-2H3;2*1-2H3/b;4-3-;;. The van der Waals surface area contributed by atoms with Gasteiger partial charge in [-0.15, -0.1) is 0 Å². The van der Waals surface area contributed by atoms with Gasteiger partial charge in [-0.3, -0.25) is 9.59 Å². The molecule has 2 aromatic rings. The lowest BCUT2D eigenvalue weighted by Gasteiger charge is -2.29. The summed E-state index contributed by atoms with van der Waals surface area (Å²) < 4.78 is 5.34. The minimum absolute atomic E-state index is 0.143. The normalized spacial score (nSPS) is 18.0. The number of ketones is 1. The predicted molar refractivity (Wildman–Crippen MR) is 151 cm³/mol. The number of fused-ring (bicyclic) bond motifs is 1. The monoisotopic (exact) mass is 536 g/mol. The van der Waals surface area contributed by atoms with Crippen molar-refractivity contribution in [2.75, 3.05) is 36.5 Å². The van der Waals surface area contributed by atoms with Crippen molar-refractivity contribution < 1.29 is 19.4 Å². The number of allylic oxidation sites excluding steroid dienone is 2. The Kier molecular flexibility index (Phi) is 13.8. The minimum atomic E-state index is -2.06. The first-order chi connectivity index (χ1) is 17.3. The molecule has 0 bridgehead atoms. The summed E-state index contributed by atoms with van der Waals surface area (Å²) in [6.07, 6.45) is 3.57. The number of Topliss-reactive ketones (excluding diaryl/α,β-unsaturated/α-hetero) is 1. The third kappa shape index (κ3) is 7.56. The maximum atomic E-state index is 12.8. The summed E-state index contributed by atoms with van der Waals surface area (Å²) >= 11 is 12.3. The third-order valence-corrected chi connectivity index (χ3v) is 6.08. The highest BCUT2D eigenvalue weighted by molar-refractivity contribution is 6.38. The van der Waals surface area contributed by atoms with E-state index in [0.29, 0.717) is 18.8 Å². The summed E-state index contributed by atoms with van der Waals surface area (Å²) in [7, 11) is 0. The average Bonchev–Trinajstić information content (AvgIpc) is 3.20. The molecule has 0 radical (unpaired) electrons. The molecule has 1 saturated heterocycles. The van der Waals surface area contributed by atoms with E-state index in [2.05, 4.69) is 10.2 Å². The van der Waals surface area contributed by atoms with Crippen molar-refractivity contribution in [1.82, 2.24) is 0 Å². The number of hydrogen-bond donors (Lipinski definition) is 2. The van der Waals surface area contributed by atoms with Gasteiger partial charge in [0.1, 0.15) is 0 Å². The first-order valence-corrected chi connectivity index (χ1v) is 13.1. The molecule has 2 N–H and O–H groups in total. The molecule has 1 unspecified atom stereocenters. The fraction of sp³-hybridized carbons (Fsp3) is 0.429. The Morgan fingerprint density at radius 1 is 1.00 bits per heavy atom. The van der Waals surface area contributed by atoms with Crippen LogP contribution in [0.3, 0.4) is 0 Å². The first-order valence-electron chi connectivity index (χ1n) is 12.4. The van der Waals surface area contributed by atoms with E-state index < -0.39 is 17.9 Å². The number of nitrogens with one attached hydrogen (secondary N) is 1. The average molecular weight is 538 g/mol. The van der Waals surface area contributed by atoms with E-state index >= 15 is 0 Å². The molecule has 0 saturated carbocycles. The SMILES string of the molecule is C/C=C\C.CC.CC.O=C(CC1(O)C(=O)Nc2c(Cl)ccc(Cl)c21)c1ccc(N2CCOCC2)cc1. The van der Waals surface area contributed by atoms with Gasteiger partial charge in [0.25, 0.3) is 5.91 Å². The summed E-state index contributed by atoms with van der Waals surface area (Å²) in [5, 5.41) is 14.0. The van der Waals surface area contributed by atoms with Gasteiger partial charge in [-0.25, -0.2) is 0 Å². The quantitative estimate of drug-likeness (QED) is 0.329. The van der Waals surface area contributed by atoms with E-state index in [1.165, 1.54) is 12.1 Å². The van der Waals surface area contributed by atoms with Crippen LogP contribution in [0.2, 0.25) is 10.0 Å². The molecular formula is C28H38Cl2N2O4. The van der Waals surface area contributed by atoms with Crippen molar-refractivity contribution >= 4 is 46.3 Å². The molecule has 6 nitrogen and oxygen atoms in total. The molecule has 1 fully saturated rings. The number of rotatable bonds is 4. The number of amides is 1. The van der Waals surface area contributed by atoms with Gasteiger partial charge in [0.15, 0.2) is 11.4 Å². The zero-order valence-corrected chi connectivity index (χ0v) is 23.5.